The van der Waals surface area contributed by atoms with Crippen molar-refractivity contribution in [2.75, 3.05) is 5.75 Å². The van der Waals surface area contributed by atoms with Crippen molar-refractivity contribution < 1.29 is 14.7 Å². The fraction of sp³-hybridized carbons (Fsp3) is 0.0800. The van der Waals surface area contributed by atoms with Crippen LogP contribution in [0, 0.1) is 6.92 Å². The molecular formula is C25H21N5O3S. The summed E-state index contributed by atoms with van der Waals surface area (Å²) >= 11 is 1.26. The van der Waals surface area contributed by atoms with E-state index < -0.39 is 5.97 Å². The lowest BCUT2D eigenvalue weighted by Crippen LogP contribution is -2.20. The van der Waals surface area contributed by atoms with Crippen molar-refractivity contribution >= 4 is 29.9 Å². The van der Waals surface area contributed by atoms with Crippen molar-refractivity contribution in [3.05, 3.63) is 95.6 Å². The van der Waals surface area contributed by atoms with Gasteiger partial charge in [-0.05, 0) is 36.8 Å². The fourth-order valence-corrected chi connectivity index (χ4v) is 3.86. The molecule has 0 atom stereocenters. The quantitative estimate of drug-likeness (QED) is 0.227. The number of rotatable bonds is 8. The van der Waals surface area contributed by atoms with Crippen molar-refractivity contribution in [1.82, 2.24) is 20.2 Å². The first kappa shape index (κ1) is 22.9. The Kier molecular flexibility index (Phi) is 7.14. The molecule has 0 aliphatic heterocycles. The molecule has 170 valence electrons. The van der Waals surface area contributed by atoms with Crippen molar-refractivity contribution in [2.45, 2.75) is 12.1 Å². The Bertz CT molecular complexity index is 1320. The van der Waals surface area contributed by atoms with E-state index in [1.165, 1.54) is 30.1 Å². The third kappa shape index (κ3) is 5.57. The number of hydrogen-bond donors (Lipinski definition) is 2. The summed E-state index contributed by atoms with van der Waals surface area (Å²) in [5.41, 5.74) is 6.31. The number of aromatic nitrogens is 3. The Hall–Kier alpha value is -4.24. The molecule has 1 aromatic heterocycles. The number of carboxylic acids is 1. The fourth-order valence-electron chi connectivity index (χ4n) is 3.12. The zero-order valence-corrected chi connectivity index (χ0v) is 19.1. The van der Waals surface area contributed by atoms with E-state index in [1.807, 2.05) is 66.1 Å². The van der Waals surface area contributed by atoms with Gasteiger partial charge in [-0.15, -0.1) is 10.2 Å². The van der Waals surface area contributed by atoms with Crippen LogP contribution in [-0.2, 0) is 4.79 Å². The Morgan fingerprint density at radius 3 is 2.38 bits per heavy atom. The van der Waals surface area contributed by atoms with Gasteiger partial charge in [-0.3, -0.25) is 9.36 Å². The maximum atomic E-state index is 12.3. The summed E-state index contributed by atoms with van der Waals surface area (Å²) in [6, 6.07) is 24.0. The van der Waals surface area contributed by atoms with E-state index in [9.17, 15) is 9.59 Å². The largest absolute Gasteiger partial charge is 0.478 e. The molecule has 3 aromatic carbocycles. The first-order valence-corrected chi connectivity index (χ1v) is 11.4. The number of para-hydroxylation sites is 1. The molecule has 0 bridgehead atoms. The zero-order valence-electron chi connectivity index (χ0n) is 18.3. The van der Waals surface area contributed by atoms with Crippen LogP contribution in [0.4, 0.5) is 0 Å². The van der Waals surface area contributed by atoms with E-state index >= 15 is 0 Å². The molecule has 0 fully saturated rings. The second-order valence-corrected chi connectivity index (χ2v) is 8.29. The molecule has 8 nitrogen and oxygen atoms in total. The lowest BCUT2D eigenvalue weighted by molar-refractivity contribution is -0.118. The lowest BCUT2D eigenvalue weighted by atomic mass is 10.1. The highest BCUT2D eigenvalue weighted by atomic mass is 32.2. The highest BCUT2D eigenvalue weighted by molar-refractivity contribution is 7.99. The van der Waals surface area contributed by atoms with Gasteiger partial charge in [-0.2, -0.15) is 5.10 Å². The molecule has 0 unspecified atom stereocenters. The van der Waals surface area contributed by atoms with Crippen LogP contribution in [0.1, 0.15) is 21.5 Å². The minimum absolute atomic E-state index is 0.0914. The van der Waals surface area contributed by atoms with Gasteiger partial charge in [0.25, 0.3) is 5.91 Å². The molecule has 9 heteroatoms. The van der Waals surface area contributed by atoms with Gasteiger partial charge in [-0.1, -0.05) is 71.9 Å². The SMILES string of the molecule is Cc1ccc(-c2nnc(SCC(=O)N/N=C/c3ccc(C(=O)O)cc3)n2-c2ccccc2)cc1. The summed E-state index contributed by atoms with van der Waals surface area (Å²) in [6.45, 7) is 2.03. The number of carboxylic acid groups (broad SMARTS) is 1. The van der Waals surface area contributed by atoms with Crippen LogP contribution in [0.25, 0.3) is 17.1 Å². The van der Waals surface area contributed by atoms with Crippen LogP contribution in [0.5, 0.6) is 0 Å². The molecule has 0 radical (unpaired) electrons. The number of amides is 1. The predicted molar refractivity (Wildman–Crippen MR) is 131 cm³/mol. The average molecular weight is 472 g/mol. The van der Waals surface area contributed by atoms with Crippen molar-refractivity contribution in [1.29, 1.82) is 0 Å². The maximum Gasteiger partial charge on any atom is 0.335 e. The van der Waals surface area contributed by atoms with Gasteiger partial charge in [0.1, 0.15) is 0 Å². The number of nitrogens with zero attached hydrogens (tertiary/aromatic N) is 4. The van der Waals surface area contributed by atoms with E-state index in [2.05, 4.69) is 20.7 Å². The van der Waals surface area contributed by atoms with Gasteiger partial charge in [0.05, 0.1) is 17.5 Å². The predicted octanol–water partition coefficient (Wildman–Crippen LogP) is 4.18. The third-order valence-electron chi connectivity index (χ3n) is 4.85. The number of hydrogen-bond acceptors (Lipinski definition) is 6. The number of hydrazone groups is 1. The minimum Gasteiger partial charge on any atom is -0.478 e. The highest BCUT2D eigenvalue weighted by Gasteiger charge is 2.17. The van der Waals surface area contributed by atoms with Gasteiger partial charge in [0.15, 0.2) is 11.0 Å². The van der Waals surface area contributed by atoms with Crippen molar-refractivity contribution in [3.63, 3.8) is 0 Å². The van der Waals surface area contributed by atoms with Crippen LogP contribution in [0.3, 0.4) is 0 Å². The molecule has 2 N–H and O–H groups in total. The van der Waals surface area contributed by atoms with Gasteiger partial charge in [0.2, 0.25) is 0 Å². The number of carbonyl (C=O) groups excluding carboxylic acids is 1. The molecule has 4 rings (SSSR count). The smallest absolute Gasteiger partial charge is 0.335 e. The number of benzene rings is 3. The van der Waals surface area contributed by atoms with Gasteiger partial charge >= 0.3 is 5.97 Å². The summed E-state index contributed by atoms with van der Waals surface area (Å²) in [5.74, 6) is -0.517. The number of thioether (sulfide) groups is 1. The van der Waals surface area contributed by atoms with Gasteiger partial charge < -0.3 is 5.11 Å². The second kappa shape index (κ2) is 10.6. The summed E-state index contributed by atoms with van der Waals surface area (Å²) in [4.78, 5) is 23.2. The van der Waals surface area contributed by atoms with E-state index in [-0.39, 0.29) is 17.2 Å². The Balaban J connectivity index is 1.45. The Morgan fingerprint density at radius 2 is 1.71 bits per heavy atom. The molecule has 0 aliphatic carbocycles. The van der Waals surface area contributed by atoms with Gasteiger partial charge in [0, 0.05) is 11.3 Å². The van der Waals surface area contributed by atoms with Crippen molar-refractivity contribution in [3.8, 4) is 17.1 Å². The normalized spacial score (nSPS) is 11.0. The Labute approximate surface area is 200 Å². The van der Waals surface area contributed by atoms with E-state index in [1.54, 1.807) is 12.1 Å². The van der Waals surface area contributed by atoms with Crippen LogP contribution < -0.4 is 5.43 Å². The summed E-state index contributed by atoms with van der Waals surface area (Å²) in [7, 11) is 0. The third-order valence-corrected chi connectivity index (χ3v) is 5.78. The van der Waals surface area contributed by atoms with Crippen LogP contribution in [0.2, 0.25) is 0 Å². The molecule has 1 heterocycles. The van der Waals surface area contributed by atoms with E-state index in [0.717, 1.165) is 16.8 Å². The van der Waals surface area contributed by atoms with Crippen LogP contribution >= 0.6 is 11.8 Å². The molecule has 4 aromatic rings. The topological polar surface area (TPSA) is 109 Å². The molecule has 0 spiro atoms. The van der Waals surface area contributed by atoms with Crippen LogP contribution in [-0.4, -0.2) is 43.7 Å². The second-order valence-electron chi connectivity index (χ2n) is 7.35. The zero-order chi connectivity index (χ0) is 23.9. The lowest BCUT2D eigenvalue weighted by Gasteiger charge is -2.10. The molecule has 0 saturated heterocycles. The average Bonchev–Trinajstić information content (AvgIpc) is 3.28. The molecular weight excluding hydrogens is 450 g/mol. The number of nitrogens with one attached hydrogen (secondary N) is 1. The minimum atomic E-state index is -0.997. The number of carbonyl (C=O) groups is 2. The first-order chi connectivity index (χ1) is 16.5. The van der Waals surface area contributed by atoms with Gasteiger partial charge in [-0.25, -0.2) is 10.2 Å². The van der Waals surface area contributed by atoms with Crippen LogP contribution in [0.15, 0.2) is 89.1 Å². The maximum absolute atomic E-state index is 12.3. The molecule has 1 amide bonds. The molecule has 0 aliphatic rings. The standard InChI is InChI=1S/C25H21N5O3S/c1-17-7-11-19(12-8-17)23-28-29-25(30(23)21-5-3-2-4-6-21)34-16-22(31)27-26-15-18-9-13-20(14-10-18)24(32)33/h2-15H,16H2,1H3,(H,27,31)(H,32,33)/b26-15+. The number of aryl methyl sites for hydroxylation is 1. The monoisotopic (exact) mass is 471 g/mol. The molecule has 0 saturated carbocycles. The number of aromatic carboxylic acids is 1. The van der Waals surface area contributed by atoms with E-state index in [4.69, 9.17) is 5.11 Å². The Morgan fingerprint density at radius 1 is 1.00 bits per heavy atom. The summed E-state index contributed by atoms with van der Waals surface area (Å²) in [6.07, 6.45) is 1.45. The summed E-state index contributed by atoms with van der Waals surface area (Å²) < 4.78 is 1.93. The summed E-state index contributed by atoms with van der Waals surface area (Å²) in [5, 5.41) is 22.2. The first-order valence-electron chi connectivity index (χ1n) is 10.4. The highest BCUT2D eigenvalue weighted by Crippen LogP contribution is 2.28. The van der Waals surface area contributed by atoms with Crippen molar-refractivity contribution in [2.24, 2.45) is 5.10 Å². The molecule has 34 heavy (non-hydrogen) atoms. The van der Waals surface area contributed by atoms with E-state index in [0.29, 0.717) is 16.5 Å².